The van der Waals surface area contributed by atoms with E-state index in [-0.39, 0.29) is 10.8 Å². The highest BCUT2D eigenvalue weighted by Crippen LogP contribution is 2.49. The number of hydrogen-bond acceptors (Lipinski definition) is 2. The van der Waals surface area contributed by atoms with E-state index in [0.29, 0.717) is 18.8 Å². The Balaban J connectivity index is 2.33. The molecular formula is C25H34N2O2. The molecule has 4 nitrogen and oxygen atoms in total. The maximum atomic E-state index is 13.1. The molecule has 156 valence electrons. The van der Waals surface area contributed by atoms with Gasteiger partial charge in [0.05, 0.1) is 0 Å². The van der Waals surface area contributed by atoms with Gasteiger partial charge in [0.25, 0.3) is 0 Å². The summed E-state index contributed by atoms with van der Waals surface area (Å²) in [7, 11) is 0. The highest BCUT2D eigenvalue weighted by Gasteiger charge is 2.45. The summed E-state index contributed by atoms with van der Waals surface area (Å²) in [5.41, 5.74) is 3.59. The van der Waals surface area contributed by atoms with Gasteiger partial charge in [0.15, 0.2) is 0 Å². The molecule has 0 aromatic rings. The normalized spacial score (nSPS) is 20.3. The Hall–Kier alpha value is -2.62. The molecular weight excluding hydrogens is 360 g/mol. The molecule has 0 aromatic carbocycles. The van der Waals surface area contributed by atoms with Crippen LogP contribution in [0.5, 0.6) is 0 Å². The molecule has 0 saturated carbocycles. The van der Waals surface area contributed by atoms with Gasteiger partial charge in [-0.15, -0.1) is 0 Å². The van der Waals surface area contributed by atoms with Crippen molar-refractivity contribution in [2.45, 2.75) is 48.0 Å². The van der Waals surface area contributed by atoms with Gasteiger partial charge >= 0.3 is 11.8 Å². The standard InChI is InChI=1S/C25H34N2O2/c1-8-20(15-14-18(2)3)26-22(28)23(29)27-16-19-12-10-9-11-13-21(19)25(6,7)24(4,5)17-27/h8,10-15H,1,9,16-17H2,2-7H3,(H,26,28)/b20-15+. The Kier molecular flexibility index (Phi) is 6.89. The molecule has 0 atom stereocenters. The lowest BCUT2D eigenvalue weighted by molar-refractivity contribution is -0.146. The van der Waals surface area contributed by atoms with Crippen molar-refractivity contribution < 1.29 is 9.59 Å². The van der Waals surface area contributed by atoms with Gasteiger partial charge in [-0.3, -0.25) is 9.59 Å². The molecule has 1 heterocycles. The molecule has 1 aliphatic carbocycles. The van der Waals surface area contributed by atoms with Crippen LogP contribution in [0.2, 0.25) is 0 Å². The number of amides is 2. The fourth-order valence-electron chi connectivity index (χ4n) is 3.61. The highest BCUT2D eigenvalue weighted by molar-refractivity contribution is 6.35. The fourth-order valence-corrected chi connectivity index (χ4v) is 3.61. The van der Waals surface area contributed by atoms with Crippen LogP contribution in [0.15, 0.2) is 71.5 Å². The molecule has 2 amide bonds. The van der Waals surface area contributed by atoms with Crippen LogP contribution >= 0.6 is 0 Å². The zero-order valence-corrected chi connectivity index (χ0v) is 18.6. The number of hydrogen-bond donors (Lipinski definition) is 1. The molecule has 29 heavy (non-hydrogen) atoms. The van der Waals surface area contributed by atoms with Crippen LogP contribution in [0.4, 0.5) is 0 Å². The van der Waals surface area contributed by atoms with E-state index in [2.05, 4.69) is 63.9 Å². The quantitative estimate of drug-likeness (QED) is 0.550. The maximum absolute atomic E-state index is 13.1. The summed E-state index contributed by atoms with van der Waals surface area (Å²) in [6, 6.07) is 0. The molecule has 4 heteroatoms. The minimum atomic E-state index is -0.635. The predicted molar refractivity (Wildman–Crippen MR) is 120 cm³/mol. The van der Waals surface area contributed by atoms with Gasteiger partial charge in [-0.25, -0.2) is 0 Å². The number of allylic oxidation sites excluding steroid dienone is 8. The smallest absolute Gasteiger partial charge is 0.313 e. The average molecular weight is 395 g/mol. The van der Waals surface area contributed by atoms with E-state index in [4.69, 9.17) is 0 Å². The second kappa shape index (κ2) is 8.81. The van der Waals surface area contributed by atoms with E-state index in [1.165, 1.54) is 5.57 Å². The van der Waals surface area contributed by atoms with E-state index in [1.54, 1.807) is 17.1 Å². The van der Waals surface area contributed by atoms with Crippen LogP contribution in [0, 0.1) is 10.8 Å². The summed E-state index contributed by atoms with van der Waals surface area (Å²) >= 11 is 0. The molecule has 2 rings (SSSR count). The lowest BCUT2D eigenvalue weighted by Gasteiger charge is -2.43. The van der Waals surface area contributed by atoms with Gasteiger partial charge in [0.2, 0.25) is 0 Å². The molecule has 0 saturated heterocycles. The largest absolute Gasteiger partial charge is 0.330 e. The first-order valence-electron chi connectivity index (χ1n) is 10.1. The average Bonchev–Trinajstić information content (AvgIpc) is 2.91. The Morgan fingerprint density at radius 2 is 1.76 bits per heavy atom. The molecule has 2 aliphatic rings. The summed E-state index contributed by atoms with van der Waals surface area (Å²) in [5.74, 6) is -1.15. The van der Waals surface area contributed by atoms with Crippen LogP contribution in [-0.4, -0.2) is 29.8 Å². The summed E-state index contributed by atoms with van der Waals surface area (Å²) < 4.78 is 0. The van der Waals surface area contributed by atoms with Gasteiger partial charge in [-0.1, -0.05) is 70.2 Å². The Morgan fingerprint density at radius 3 is 2.38 bits per heavy atom. The molecule has 0 unspecified atom stereocenters. The molecule has 0 fully saturated rings. The van der Waals surface area contributed by atoms with Crippen LogP contribution in [0.3, 0.4) is 0 Å². The van der Waals surface area contributed by atoms with E-state index < -0.39 is 11.8 Å². The third-order valence-corrected chi connectivity index (χ3v) is 6.09. The third kappa shape index (κ3) is 5.06. The molecule has 0 bridgehead atoms. The summed E-state index contributed by atoms with van der Waals surface area (Å²) in [6.45, 7) is 17.3. The van der Waals surface area contributed by atoms with Gasteiger partial charge in [0.1, 0.15) is 0 Å². The Labute approximate surface area is 175 Å². The van der Waals surface area contributed by atoms with Crippen LogP contribution in [0.1, 0.15) is 48.0 Å². The topological polar surface area (TPSA) is 49.4 Å². The third-order valence-electron chi connectivity index (χ3n) is 6.09. The van der Waals surface area contributed by atoms with Crippen molar-refractivity contribution in [3.63, 3.8) is 0 Å². The minimum absolute atomic E-state index is 0.144. The first-order chi connectivity index (χ1) is 13.5. The van der Waals surface area contributed by atoms with E-state index >= 15 is 0 Å². The van der Waals surface area contributed by atoms with Crippen molar-refractivity contribution in [2.75, 3.05) is 13.1 Å². The van der Waals surface area contributed by atoms with E-state index in [9.17, 15) is 9.59 Å². The molecule has 0 radical (unpaired) electrons. The van der Waals surface area contributed by atoms with Gasteiger partial charge in [-0.2, -0.15) is 0 Å². The predicted octanol–water partition coefficient (Wildman–Crippen LogP) is 4.85. The van der Waals surface area contributed by atoms with Gasteiger partial charge in [0, 0.05) is 18.8 Å². The first kappa shape index (κ1) is 22.7. The van der Waals surface area contributed by atoms with Crippen molar-refractivity contribution >= 4 is 11.8 Å². The van der Waals surface area contributed by atoms with Crippen molar-refractivity contribution in [3.8, 4) is 0 Å². The van der Waals surface area contributed by atoms with Crippen molar-refractivity contribution in [1.82, 2.24) is 10.2 Å². The Morgan fingerprint density at radius 1 is 1.10 bits per heavy atom. The van der Waals surface area contributed by atoms with E-state index in [0.717, 1.165) is 17.6 Å². The lowest BCUT2D eigenvalue weighted by atomic mass is 9.63. The number of carbonyl (C=O) groups excluding carboxylic acids is 2. The number of rotatable bonds is 3. The molecule has 1 N–H and O–H groups in total. The molecule has 0 spiro atoms. The zero-order valence-electron chi connectivity index (χ0n) is 18.6. The maximum Gasteiger partial charge on any atom is 0.313 e. The summed E-state index contributed by atoms with van der Waals surface area (Å²) in [5, 5.41) is 2.69. The van der Waals surface area contributed by atoms with Crippen LogP contribution in [-0.2, 0) is 9.59 Å². The number of nitrogens with one attached hydrogen (secondary N) is 1. The molecule has 0 aromatic heterocycles. The minimum Gasteiger partial charge on any atom is -0.330 e. The number of nitrogens with zero attached hydrogens (tertiary/aromatic N) is 1. The zero-order chi connectivity index (χ0) is 21.8. The lowest BCUT2D eigenvalue weighted by Crippen LogP contribution is -2.48. The van der Waals surface area contributed by atoms with Crippen LogP contribution < -0.4 is 5.32 Å². The second-order valence-electron chi connectivity index (χ2n) is 9.17. The number of carbonyl (C=O) groups is 2. The Bertz CT molecular complexity index is 844. The fraction of sp³-hybridized carbons (Fsp3) is 0.440. The van der Waals surface area contributed by atoms with Crippen molar-refractivity contribution in [1.29, 1.82) is 0 Å². The second-order valence-corrected chi connectivity index (χ2v) is 9.17. The SMILES string of the molecule is C=C/C(=C\C=C(C)C)NC(=O)C(=O)N1CC2=C(C=CCC=C2)C(C)(C)C(C)(C)C1. The van der Waals surface area contributed by atoms with Crippen LogP contribution in [0.25, 0.3) is 0 Å². The van der Waals surface area contributed by atoms with Gasteiger partial charge < -0.3 is 10.2 Å². The molecule has 1 aliphatic heterocycles. The van der Waals surface area contributed by atoms with Crippen molar-refractivity contribution in [2.24, 2.45) is 10.8 Å². The summed E-state index contributed by atoms with van der Waals surface area (Å²) in [6.07, 6.45) is 14.6. The van der Waals surface area contributed by atoms with Gasteiger partial charge in [-0.05, 0) is 54.4 Å². The van der Waals surface area contributed by atoms with E-state index in [1.807, 2.05) is 19.9 Å². The monoisotopic (exact) mass is 394 g/mol. The summed E-state index contributed by atoms with van der Waals surface area (Å²) in [4.78, 5) is 27.5. The highest BCUT2D eigenvalue weighted by atomic mass is 16.2. The van der Waals surface area contributed by atoms with Crippen molar-refractivity contribution in [3.05, 3.63) is 71.5 Å². The first-order valence-corrected chi connectivity index (χ1v) is 10.1.